The third kappa shape index (κ3) is 2.91. The van der Waals surface area contributed by atoms with Crippen molar-refractivity contribution < 1.29 is 4.74 Å². The van der Waals surface area contributed by atoms with E-state index in [9.17, 15) is 0 Å². The highest BCUT2D eigenvalue weighted by Crippen LogP contribution is 2.22. The van der Waals surface area contributed by atoms with E-state index in [4.69, 9.17) is 4.74 Å². The Balaban J connectivity index is 2.10. The average Bonchev–Trinajstić information content (AvgIpc) is 2.34. The minimum atomic E-state index is 0.546. The molecule has 0 aliphatic carbocycles. The lowest BCUT2D eigenvalue weighted by Crippen LogP contribution is -2.54. The zero-order chi connectivity index (χ0) is 12.3. The molecule has 0 radical (unpaired) electrons. The van der Waals surface area contributed by atoms with E-state index in [0.29, 0.717) is 12.1 Å². The van der Waals surface area contributed by atoms with Crippen molar-refractivity contribution in [3.8, 4) is 5.75 Å². The van der Waals surface area contributed by atoms with Crippen molar-refractivity contribution in [2.24, 2.45) is 0 Å². The summed E-state index contributed by atoms with van der Waals surface area (Å²) in [6.07, 6.45) is 0. The molecular weight excluding hydrogens is 212 g/mol. The molecule has 0 saturated carbocycles. The lowest BCUT2D eigenvalue weighted by molar-refractivity contribution is 0.340. The van der Waals surface area contributed by atoms with Crippen LogP contribution in [0.4, 0.5) is 5.69 Å². The molecule has 94 valence electrons. The van der Waals surface area contributed by atoms with Gasteiger partial charge in [-0.3, -0.25) is 0 Å². The Morgan fingerprint density at radius 3 is 2.65 bits per heavy atom. The first-order valence-electron chi connectivity index (χ1n) is 6.43. The summed E-state index contributed by atoms with van der Waals surface area (Å²) in [7, 11) is 0. The maximum atomic E-state index is 5.47. The molecule has 3 nitrogen and oxygen atoms in total. The molecular formula is C14H22N2O. The van der Waals surface area contributed by atoms with Crippen molar-refractivity contribution in [2.45, 2.75) is 32.9 Å². The highest BCUT2D eigenvalue weighted by molar-refractivity contribution is 5.50. The third-order valence-electron chi connectivity index (χ3n) is 3.24. The number of hydrogen-bond donors (Lipinski definition) is 1. The van der Waals surface area contributed by atoms with Crippen LogP contribution in [-0.4, -0.2) is 31.8 Å². The van der Waals surface area contributed by atoms with Crippen molar-refractivity contribution in [3.05, 3.63) is 24.3 Å². The van der Waals surface area contributed by atoms with Crippen LogP contribution in [0, 0.1) is 0 Å². The second-order valence-corrected chi connectivity index (χ2v) is 4.74. The molecule has 1 saturated heterocycles. The van der Waals surface area contributed by atoms with Gasteiger partial charge < -0.3 is 15.0 Å². The number of piperazine rings is 1. The number of hydrogen-bond acceptors (Lipinski definition) is 3. The summed E-state index contributed by atoms with van der Waals surface area (Å²) in [5.41, 5.74) is 1.29. The summed E-state index contributed by atoms with van der Waals surface area (Å²) < 4.78 is 5.47. The summed E-state index contributed by atoms with van der Waals surface area (Å²) in [6, 6.07) is 9.51. The molecule has 1 aromatic carbocycles. The van der Waals surface area contributed by atoms with Crippen LogP contribution in [0.5, 0.6) is 5.75 Å². The Hall–Kier alpha value is -1.22. The van der Waals surface area contributed by atoms with Crippen molar-refractivity contribution >= 4 is 5.69 Å². The molecule has 1 aliphatic heterocycles. The highest BCUT2D eigenvalue weighted by atomic mass is 16.5. The van der Waals surface area contributed by atoms with Crippen LogP contribution in [0.2, 0.25) is 0 Å². The summed E-state index contributed by atoms with van der Waals surface area (Å²) in [5.74, 6) is 0.951. The molecule has 0 bridgehead atoms. The number of rotatable bonds is 3. The number of nitrogens with one attached hydrogen (secondary N) is 1. The molecule has 3 heteroatoms. The lowest BCUT2D eigenvalue weighted by atomic mass is 10.1. The smallest absolute Gasteiger partial charge is 0.119 e. The molecule has 1 aliphatic rings. The molecule has 1 N–H and O–H groups in total. The topological polar surface area (TPSA) is 24.5 Å². The maximum Gasteiger partial charge on any atom is 0.119 e. The van der Waals surface area contributed by atoms with Crippen LogP contribution in [-0.2, 0) is 0 Å². The van der Waals surface area contributed by atoms with Gasteiger partial charge in [-0.2, -0.15) is 0 Å². The van der Waals surface area contributed by atoms with Crippen LogP contribution in [0.15, 0.2) is 24.3 Å². The Morgan fingerprint density at radius 2 is 2.00 bits per heavy atom. The predicted molar refractivity (Wildman–Crippen MR) is 71.9 cm³/mol. The molecule has 1 heterocycles. The van der Waals surface area contributed by atoms with Gasteiger partial charge in [0.2, 0.25) is 0 Å². The van der Waals surface area contributed by atoms with Gasteiger partial charge >= 0.3 is 0 Å². The lowest BCUT2D eigenvalue weighted by Gasteiger charge is -2.39. The standard InChI is InChI=1S/C14H22N2O/c1-4-17-14-7-5-13(6-8-14)16-10-11(2)15-9-12(16)3/h5-8,11-12,15H,4,9-10H2,1-3H3. The fourth-order valence-electron chi connectivity index (χ4n) is 2.28. The zero-order valence-electron chi connectivity index (χ0n) is 10.9. The molecule has 1 fully saturated rings. The fourth-order valence-corrected chi connectivity index (χ4v) is 2.28. The first kappa shape index (κ1) is 12.2. The van der Waals surface area contributed by atoms with Crippen LogP contribution in [0.3, 0.4) is 0 Å². The SMILES string of the molecule is CCOc1ccc(N2CC(C)NCC2C)cc1. The van der Waals surface area contributed by atoms with E-state index in [1.54, 1.807) is 0 Å². The number of ether oxygens (including phenoxy) is 1. The molecule has 2 atom stereocenters. The van der Waals surface area contributed by atoms with Crippen LogP contribution >= 0.6 is 0 Å². The van der Waals surface area contributed by atoms with Crippen molar-refractivity contribution in [3.63, 3.8) is 0 Å². The fraction of sp³-hybridized carbons (Fsp3) is 0.571. The van der Waals surface area contributed by atoms with E-state index in [1.807, 2.05) is 6.92 Å². The molecule has 2 rings (SSSR count). The predicted octanol–water partition coefficient (Wildman–Crippen LogP) is 2.27. The normalized spacial score (nSPS) is 24.8. The minimum absolute atomic E-state index is 0.546. The molecule has 1 aromatic rings. The van der Waals surface area contributed by atoms with Gasteiger partial charge in [0.25, 0.3) is 0 Å². The van der Waals surface area contributed by atoms with Gasteiger partial charge in [-0.25, -0.2) is 0 Å². The molecule has 0 spiro atoms. The highest BCUT2D eigenvalue weighted by Gasteiger charge is 2.22. The average molecular weight is 234 g/mol. The van der Waals surface area contributed by atoms with Gasteiger partial charge in [0, 0.05) is 30.9 Å². The van der Waals surface area contributed by atoms with E-state index < -0.39 is 0 Å². The summed E-state index contributed by atoms with van der Waals surface area (Å²) in [4.78, 5) is 2.46. The van der Waals surface area contributed by atoms with Gasteiger partial charge in [-0.15, -0.1) is 0 Å². The number of nitrogens with zero attached hydrogens (tertiary/aromatic N) is 1. The van der Waals surface area contributed by atoms with Gasteiger partial charge in [0.15, 0.2) is 0 Å². The maximum absolute atomic E-state index is 5.47. The van der Waals surface area contributed by atoms with Gasteiger partial charge in [0.1, 0.15) is 5.75 Å². The first-order chi connectivity index (χ1) is 8.20. The Bertz CT molecular complexity index is 350. The van der Waals surface area contributed by atoms with Crippen LogP contribution < -0.4 is 15.0 Å². The molecule has 17 heavy (non-hydrogen) atoms. The molecule has 0 aromatic heterocycles. The van der Waals surface area contributed by atoms with E-state index in [-0.39, 0.29) is 0 Å². The second-order valence-electron chi connectivity index (χ2n) is 4.74. The van der Waals surface area contributed by atoms with E-state index in [1.165, 1.54) is 5.69 Å². The van der Waals surface area contributed by atoms with E-state index in [0.717, 1.165) is 25.4 Å². The minimum Gasteiger partial charge on any atom is -0.494 e. The van der Waals surface area contributed by atoms with Crippen molar-refractivity contribution in [2.75, 3.05) is 24.6 Å². The number of benzene rings is 1. The van der Waals surface area contributed by atoms with E-state index >= 15 is 0 Å². The zero-order valence-corrected chi connectivity index (χ0v) is 10.9. The quantitative estimate of drug-likeness (QED) is 0.868. The van der Waals surface area contributed by atoms with E-state index in [2.05, 4.69) is 48.3 Å². The van der Waals surface area contributed by atoms with Crippen molar-refractivity contribution in [1.29, 1.82) is 0 Å². The van der Waals surface area contributed by atoms with Gasteiger partial charge in [0.05, 0.1) is 6.61 Å². The second kappa shape index (κ2) is 5.41. The van der Waals surface area contributed by atoms with Crippen molar-refractivity contribution in [1.82, 2.24) is 5.32 Å². The monoisotopic (exact) mass is 234 g/mol. The number of anilines is 1. The Labute approximate surface area is 104 Å². The summed E-state index contributed by atoms with van der Waals surface area (Å²) in [6.45, 7) is 9.33. The Morgan fingerprint density at radius 1 is 1.29 bits per heavy atom. The molecule has 2 unspecified atom stereocenters. The van der Waals surface area contributed by atoms with Gasteiger partial charge in [-0.1, -0.05) is 0 Å². The third-order valence-corrected chi connectivity index (χ3v) is 3.24. The van der Waals surface area contributed by atoms with Gasteiger partial charge in [-0.05, 0) is 45.0 Å². The summed E-state index contributed by atoms with van der Waals surface area (Å²) in [5, 5.41) is 3.50. The largest absolute Gasteiger partial charge is 0.494 e. The molecule has 0 amide bonds. The first-order valence-corrected chi connectivity index (χ1v) is 6.43. The van der Waals surface area contributed by atoms with Crippen LogP contribution in [0.1, 0.15) is 20.8 Å². The summed E-state index contributed by atoms with van der Waals surface area (Å²) >= 11 is 0. The Kier molecular flexibility index (Phi) is 3.89. The van der Waals surface area contributed by atoms with Crippen LogP contribution in [0.25, 0.3) is 0 Å².